The van der Waals surface area contributed by atoms with E-state index in [2.05, 4.69) is 20.9 Å². The fourth-order valence-electron chi connectivity index (χ4n) is 3.41. The van der Waals surface area contributed by atoms with Crippen LogP contribution in [0.4, 0.5) is 0 Å². The lowest BCUT2D eigenvalue weighted by Gasteiger charge is -2.17. The van der Waals surface area contributed by atoms with Crippen molar-refractivity contribution in [2.24, 2.45) is 11.3 Å². The average molecular weight is 343 g/mol. The van der Waals surface area contributed by atoms with Crippen LogP contribution >= 0.6 is 15.9 Å². The van der Waals surface area contributed by atoms with Gasteiger partial charge in [-0.15, -0.1) is 0 Å². The summed E-state index contributed by atoms with van der Waals surface area (Å²) in [7, 11) is 0. The Bertz CT molecular complexity index is 680. The van der Waals surface area contributed by atoms with E-state index in [1.807, 2.05) is 0 Å². The Morgan fingerprint density at radius 2 is 2.30 bits per heavy atom. The largest absolute Gasteiger partial charge is 0.396 e. The van der Waals surface area contributed by atoms with Gasteiger partial charge in [-0.1, -0.05) is 15.9 Å². The van der Waals surface area contributed by atoms with Crippen molar-refractivity contribution in [2.75, 3.05) is 6.61 Å². The zero-order valence-corrected chi connectivity index (χ0v) is 12.2. The number of fused-ring (bicyclic) bond motifs is 1. The molecular formula is C13H15BrN2O4. The van der Waals surface area contributed by atoms with E-state index < -0.39 is 22.8 Å². The Balaban J connectivity index is 2.02. The van der Waals surface area contributed by atoms with Crippen LogP contribution in [-0.4, -0.2) is 32.5 Å². The highest BCUT2D eigenvalue weighted by Crippen LogP contribution is 2.66. The molecule has 1 aromatic rings. The summed E-state index contributed by atoms with van der Waals surface area (Å²) < 4.78 is 1.47. The maximum Gasteiger partial charge on any atom is 0.328 e. The summed E-state index contributed by atoms with van der Waals surface area (Å²) >= 11 is 3.10. The maximum absolute atomic E-state index is 12.0. The second-order valence-electron chi connectivity index (χ2n) is 5.56. The molecule has 1 unspecified atom stereocenters. The quantitative estimate of drug-likeness (QED) is 0.731. The molecule has 0 radical (unpaired) electrons. The lowest BCUT2D eigenvalue weighted by Crippen LogP contribution is -2.33. The van der Waals surface area contributed by atoms with Crippen molar-refractivity contribution in [1.29, 1.82) is 0 Å². The normalized spacial score (nSPS) is 35.5. The van der Waals surface area contributed by atoms with E-state index >= 15 is 0 Å². The van der Waals surface area contributed by atoms with Gasteiger partial charge in [-0.25, -0.2) is 4.79 Å². The SMILES string of the molecule is O=c1[nH]c(=O)n([C@H]2C[C@H](O)[C@@]3(CO)CC23)cc1/C=C/Br. The van der Waals surface area contributed by atoms with Gasteiger partial charge in [0.15, 0.2) is 0 Å². The van der Waals surface area contributed by atoms with Crippen molar-refractivity contribution in [1.82, 2.24) is 9.55 Å². The minimum Gasteiger partial charge on any atom is -0.396 e. The number of nitrogens with zero attached hydrogens (tertiary/aromatic N) is 1. The van der Waals surface area contributed by atoms with Gasteiger partial charge < -0.3 is 10.2 Å². The van der Waals surface area contributed by atoms with Gasteiger partial charge >= 0.3 is 5.69 Å². The predicted molar refractivity (Wildman–Crippen MR) is 76.6 cm³/mol. The number of hydrogen-bond donors (Lipinski definition) is 3. The molecular weight excluding hydrogens is 328 g/mol. The molecule has 2 saturated carbocycles. The van der Waals surface area contributed by atoms with Crippen molar-refractivity contribution < 1.29 is 10.2 Å². The van der Waals surface area contributed by atoms with Crippen LogP contribution in [-0.2, 0) is 0 Å². The first-order chi connectivity index (χ1) is 9.53. The van der Waals surface area contributed by atoms with E-state index in [9.17, 15) is 19.8 Å². The number of nitrogens with one attached hydrogen (secondary N) is 1. The second-order valence-corrected chi connectivity index (χ2v) is 6.09. The Morgan fingerprint density at radius 1 is 1.55 bits per heavy atom. The molecule has 3 rings (SSSR count). The third kappa shape index (κ3) is 1.84. The van der Waals surface area contributed by atoms with Crippen LogP contribution in [0.15, 0.2) is 20.8 Å². The third-order valence-corrected chi connectivity index (χ3v) is 4.93. The van der Waals surface area contributed by atoms with Gasteiger partial charge in [-0.2, -0.15) is 0 Å². The van der Waals surface area contributed by atoms with Crippen LogP contribution in [0.5, 0.6) is 0 Å². The Labute approximate surface area is 122 Å². The minimum absolute atomic E-state index is 0.0679. The van der Waals surface area contributed by atoms with E-state index in [0.717, 1.165) is 0 Å². The van der Waals surface area contributed by atoms with Gasteiger partial charge in [0, 0.05) is 17.7 Å². The van der Waals surface area contributed by atoms with Gasteiger partial charge in [-0.3, -0.25) is 14.3 Å². The van der Waals surface area contributed by atoms with Gasteiger partial charge in [0.2, 0.25) is 0 Å². The van der Waals surface area contributed by atoms with Gasteiger partial charge in [0.05, 0.1) is 18.3 Å². The molecule has 0 saturated heterocycles. The van der Waals surface area contributed by atoms with Crippen LogP contribution in [0, 0.1) is 11.3 Å². The van der Waals surface area contributed by atoms with Crippen LogP contribution in [0.3, 0.4) is 0 Å². The number of aromatic amines is 1. The molecule has 1 aromatic heterocycles. The zero-order valence-electron chi connectivity index (χ0n) is 10.6. The molecule has 3 N–H and O–H groups in total. The summed E-state index contributed by atoms with van der Waals surface area (Å²) in [5.41, 5.74) is -0.992. The summed E-state index contributed by atoms with van der Waals surface area (Å²) in [5.74, 6) is 0.0897. The first-order valence-corrected chi connectivity index (χ1v) is 7.36. The van der Waals surface area contributed by atoms with Crippen molar-refractivity contribution >= 4 is 22.0 Å². The van der Waals surface area contributed by atoms with E-state index in [1.165, 1.54) is 10.8 Å². The number of rotatable bonds is 3. The third-order valence-electron chi connectivity index (χ3n) is 4.66. The Hall–Kier alpha value is -1.18. The lowest BCUT2D eigenvalue weighted by molar-refractivity contribution is 0.0599. The highest BCUT2D eigenvalue weighted by molar-refractivity contribution is 9.11. The van der Waals surface area contributed by atoms with Gasteiger partial charge in [0.25, 0.3) is 5.56 Å². The molecule has 0 amide bonds. The zero-order chi connectivity index (χ0) is 14.5. The molecule has 6 nitrogen and oxygen atoms in total. The first kappa shape index (κ1) is 13.8. The highest BCUT2D eigenvalue weighted by atomic mass is 79.9. The fraction of sp³-hybridized carbons (Fsp3) is 0.538. The highest BCUT2D eigenvalue weighted by Gasteiger charge is 2.67. The molecule has 2 aliphatic rings. The average Bonchev–Trinajstić information content (AvgIpc) is 3.09. The number of aromatic nitrogens is 2. The summed E-state index contributed by atoms with van der Waals surface area (Å²) in [6, 6.07) is -0.177. The molecule has 0 spiro atoms. The monoisotopic (exact) mass is 342 g/mol. The standard InChI is InChI=1S/C13H15BrN2O4/c14-2-1-7-5-16(12(20)15-11(7)19)9-3-10(18)13(6-17)4-8(9)13/h1-2,5,8-10,17-18H,3-4,6H2,(H,15,19,20)/b2-1+/t8?,9-,10-,13+/m0/s1. The molecule has 4 atom stereocenters. The number of H-pyrrole nitrogens is 1. The number of aliphatic hydroxyl groups excluding tert-OH is 2. The molecule has 1 heterocycles. The van der Waals surface area contributed by atoms with Crippen molar-refractivity contribution in [3.63, 3.8) is 0 Å². The topological polar surface area (TPSA) is 95.3 Å². The predicted octanol–water partition coefficient (Wildman–Crippen LogP) is 0.206. The van der Waals surface area contributed by atoms with E-state index in [0.29, 0.717) is 18.4 Å². The van der Waals surface area contributed by atoms with Gasteiger partial charge in [0.1, 0.15) is 0 Å². The number of halogens is 1. The molecule has 2 aliphatic carbocycles. The summed E-state index contributed by atoms with van der Waals surface area (Å²) in [4.78, 5) is 27.5. The molecule has 108 valence electrons. The summed E-state index contributed by atoms with van der Waals surface area (Å²) in [6.07, 6.45) is 3.62. The molecule has 0 bridgehead atoms. The first-order valence-electron chi connectivity index (χ1n) is 6.44. The summed E-state index contributed by atoms with van der Waals surface area (Å²) in [5, 5.41) is 19.5. The van der Waals surface area contributed by atoms with Crippen molar-refractivity contribution in [3.8, 4) is 0 Å². The Kier molecular flexibility index (Phi) is 3.23. The van der Waals surface area contributed by atoms with Crippen molar-refractivity contribution in [3.05, 3.63) is 37.6 Å². The van der Waals surface area contributed by atoms with E-state index in [1.54, 1.807) is 11.1 Å². The molecule has 20 heavy (non-hydrogen) atoms. The molecule has 2 fully saturated rings. The lowest BCUT2D eigenvalue weighted by atomic mass is 10.0. The maximum atomic E-state index is 12.0. The molecule has 0 aromatic carbocycles. The van der Waals surface area contributed by atoms with Crippen LogP contribution in [0.25, 0.3) is 6.08 Å². The minimum atomic E-state index is -0.600. The van der Waals surface area contributed by atoms with E-state index in [-0.39, 0.29) is 18.6 Å². The Morgan fingerprint density at radius 3 is 2.85 bits per heavy atom. The number of aliphatic hydroxyl groups is 2. The van der Waals surface area contributed by atoms with Crippen LogP contribution in [0.2, 0.25) is 0 Å². The van der Waals surface area contributed by atoms with E-state index in [4.69, 9.17) is 0 Å². The smallest absolute Gasteiger partial charge is 0.328 e. The van der Waals surface area contributed by atoms with Crippen LogP contribution in [0.1, 0.15) is 24.4 Å². The fourth-order valence-corrected chi connectivity index (χ4v) is 3.69. The van der Waals surface area contributed by atoms with Crippen molar-refractivity contribution in [2.45, 2.75) is 25.0 Å². The molecule has 0 aliphatic heterocycles. The second kappa shape index (κ2) is 4.68. The van der Waals surface area contributed by atoms with Crippen LogP contribution < -0.4 is 11.2 Å². The molecule has 7 heteroatoms. The summed E-state index contributed by atoms with van der Waals surface area (Å²) in [6.45, 7) is -0.0679. The number of hydrogen-bond acceptors (Lipinski definition) is 4. The van der Waals surface area contributed by atoms with Gasteiger partial charge in [-0.05, 0) is 29.8 Å².